The van der Waals surface area contributed by atoms with E-state index in [9.17, 15) is 4.79 Å². The maximum Gasteiger partial charge on any atom is 0.290 e. The van der Waals surface area contributed by atoms with Crippen LogP contribution in [0.15, 0.2) is 11.5 Å². The van der Waals surface area contributed by atoms with Crippen LogP contribution in [0.3, 0.4) is 0 Å². The van der Waals surface area contributed by atoms with Crippen LogP contribution in [0.25, 0.3) is 0 Å². The van der Waals surface area contributed by atoms with Crippen molar-refractivity contribution >= 4 is 5.91 Å². The fraction of sp³-hybridized carbons (Fsp3) is 0.786. The van der Waals surface area contributed by atoms with Crippen LogP contribution in [0, 0.1) is 0 Å². The highest BCUT2D eigenvalue weighted by molar-refractivity contribution is 5.92. The summed E-state index contributed by atoms with van der Waals surface area (Å²) < 4.78 is 10.8. The number of allylic oxidation sites excluding steroid dienone is 1. The highest BCUT2D eigenvalue weighted by atomic mass is 16.6. The van der Waals surface area contributed by atoms with Gasteiger partial charge in [0, 0.05) is 6.54 Å². The second-order valence-electron chi connectivity index (χ2n) is 5.28. The summed E-state index contributed by atoms with van der Waals surface area (Å²) in [6, 6.07) is 0. The van der Waals surface area contributed by atoms with E-state index in [4.69, 9.17) is 9.47 Å². The Hall–Kier alpha value is -1.23. The highest BCUT2D eigenvalue weighted by Gasteiger charge is 2.45. The number of likely N-dealkylation sites (N-methyl/N-ethyl adjacent to an activating group) is 1. The van der Waals surface area contributed by atoms with Gasteiger partial charge in [0.05, 0.1) is 5.54 Å². The van der Waals surface area contributed by atoms with Crippen LogP contribution in [0.1, 0.15) is 33.6 Å². The SMILES string of the molecule is CCN(CC)CC1(NC(=O)C2=C(C)OCCO2)CC1. The van der Waals surface area contributed by atoms with Gasteiger partial charge in [0.1, 0.15) is 19.0 Å². The van der Waals surface area contributed by atoms with E-state index in [0.717, 1.165) is 32.5 Å². The van der Waals surface area contributed by atoms with Gasteiger partial charge in [0.15, 0.2) is 0 Å². The Morgan fingerprint density at radius 1 is 1.26 bits per heavy atom. The molecule has 5 heteroatoms. The third-order valence-electron chi connectivity index (χ3n) is 3.83. The van der Waals surface area contributed by atoms with Crippen molar-refractivity contribution in [3.8, 4) is 0 Å². The van der Waals surface area contributed by atoms with Crippen LogP contribution in [0.4, 0.5) is 0 Å². The van der Waals surface area contributed by atoms with E-state index in [0.29, 0.717) is 24.7 Å². The third kappa shape index (κ3) is 3.41. The third-order valence-corrected chi connectivity index (χ3v) is 3.83. The lowest BCUT2D eigenvalue weighted by atomic mass is 10.2. The molecule has 108 valence electrons. The lowest BCUT2D eigenvalue weighted by molar-refractivity contribution is -0.123. The minimum Gasteiger partial charge on any atom is -0.491 e. The summed E-state index contributed by atoms with van der Waals surface area (Å²) in [6.07, 6.45) is 2.09. The molecule has 0 atom stereocenters. The molecule has 0 aromatic heterocycles. The maximum atomic E-state index is 12.2. The van der Waals surface area contributed by atoms with Gasteiger partial charge in [0.25, 0.3) is 5.91 Å². The standard InChI is InChI=1S/C14H24N2O3/c1-4-16(5-2)10-14(6-7-14)15-13(17)12-11(3)18-8-9-19-12/h4-10H2,1-3H3,(H,15,17). The van der Waals surface area contributed by atoms with Crippen LogP contribution in [-0.4, -0.2) is 49.2 Å². The first-order valence-electron chi connectivity index (χ1n) is 7.11. The van der Waals surface area contributed by atoms with E-state index >= 15 is 0 Å². The molecule has 0 spiro atoms. The molecule has 1 aliphatic carbocycles. The van der Waals surface area contributed by atoms with Crippen LogP contribution < -0.4 is 5.32 Å². The van der Waals surface area contributed by atoms with Gasteiger partial charge in [-0.3, -0.25) is 4.79 Å². The fourth-order valence-electron chi connectivity index (χ4n) is 2.38. The average molecular weight is 268 g/mol. The Morgan fingerprint density at radius 2 is 1.89 bits per heavy atom. The van der Waals surface area contributed by atoms with Gasteiger partial charge in [-0.2, -0.15) is 0 Å². The van der Waals surface area contributed by atoms with E-state index in [2.05, 4.69) is 24.1 Å². The Morgan fingerprint density at radius 3 is 2.42 bits per heavy atom. The number of nitrogens with one attached hydrogen (secondary N) is 1. The molecule has 1 N–H and O–H groups in total. The van der Waals surface area contributed by atoms with Crippen LogP contribution in [-0.2, 0) is 14.3 Å². The zero-order valence-corrected chi connectivity index (χ0v) is 12.1. The molecule has 5 nitrogen and oxygen atoms in total. The Kier molecular flexibility index (Phi) is 4.34. The summed E-state index contributed by atoms with van der Waals surface area (Å²) in [5.74, 6) is 0.793. The second kappa shape index (κ2) is 5.82. The van der Waals surface area contributed by atoms with Gasteiger partial charge in [-0.1, -0.05) is 13.8 Å². The van der Waals surface area contributed by atoms with E-state index in [1.165, 1.54) is 0 Å². The number of amides is 1. The number of ether oxygens (including phenoxy) is 2. The van der Waals surface area contributed by atoms with E-state index in [-0.39, 0.29) is 11.4 Å². The predicted molar refractivity (Wildman–Crippen MR) is 72.5 cm³/mol. The Bertz CT molecular complexity index is 371. The molecule has 2 aliphatic rings. The lowest BCUT2D eigenvalue weighted by Crippen LogP contribution is -2.47. The van der Waals surface area contributed by atoms with Gasteiger partial charge >= 0.3 is 0 Å². The van der Waals surface area contributed by atoms with Gasteiger partial charge in [-0.25, -0.2) is 0 Å². The molecule has 1 amide bonds. The zero-order chi connectivity index (χ0) is 13.9. The first kappa shape index (κ1) is 14.2. The smallest absolute Gasteiger partial charge is 0.290 e. The predicted octanol–water partition coefficient (Wildman–Crippen LogP) is 1.26. The Balaban J connectivity index is 1.95. The van der Waals surface area contributed by atoms with Crippen molar-refractivity contribution in [3.63, 3.8) is 0 Å². The first-order chi connectivity index (χ1) is 9.10. The molecule has 1 aliphatic heterocycles. The fourth-order valence-corrected chi connectivity index (χ4v) is 2.38. The number of hydrogen-bond donors (Lipinski definition) is 1. The zero-order valence-electron chi connectivity index (χ0n) is 12.1. The van der Waals surface area contributed by atoms with Crippen molar-refractivity contribution in [2.24, 2.45) is 0 Å². The molecule has 0 bridgehead atoms. The number of carbonyl (C=O) groups excluding carboxylic acids is 1. The number of rotatable bonds is 6. The summed E-state index contributed by atoms with van der Waals surface area (Å²) in [5, 5.41) is 3.12. The minimum absolute atomic E-state index is 0.0583. The van der Waals surface area contributed by atoms with Crippen molar-refractivity contribution < 1.29 is 14.3 Å². The quantitative estimate of drug-likeness (QED) is 0.788. The second-order valence-corrected chi connectivity index (χ2v) is 5.28. The van der Waals surface area contributed by atoms with Crippen LogP contribution in [0.5, 0.6) is 0 Å². The molecule has 19 heavy (non-hydrogen) atoms. The lowest BCUT2D eigenvalue weighted by Gasteiger charge is -2.27. The van der Waals surface area contributed by atoms with Crippen molar-refractivity contribution in [2.45, 2.75) is 39.2 Å². The summed E-state index contributed by atoms with van der Waals surface area (Å²) in [4.78, 5) is 14.6. The largest absolute Gasteiger partial charge is 0.491 e. The molecular formula is C14H24N2O3. The van der Waals surface area contributed by atoms with E-state index in [1.807, 2.05) is 0 Å². The molecular weight excluding hydrogens is 244 g/mol. The van der Waals surface area contributed by atoms with Gasteiger partial charge in [0.2, 0.25) is 5.76 Å². The van der Waals surface area contributed by atoms with E-state index < -0.39 is 0 Å². The molecule has 1 saturated carbocycles. The maximum absolute atomic E-state index is 12.2. The molecule has 1 heterocycles. The summed E-state index contributed by atoms with van der Waals surface area (Å²) >= 11 is 0. The minimum atomic E-state index is -0.137. The first-order valence-corrected chi connectivity index (χ1v) is 7.11. The average Bonchev–Trinajstić information content (AvgIpc) is 3.16. The molecule has 0 aromatic rings. The molecule has 2 rings (SSSR count). The van der Waals surface area contributed by atoms with Crippen LogP contribution in [0.2, 0.25) is 0 Å². The monoisotopic (exact) mass is 268 g/mol. The van der Waals surface area contributed by atoms with Crippen LogP contribution >= 0.6 is 0 Å². The van der Waals surface area contributed by atoms with Crippen molar-refractivity contribution in [2.75, 3.05) is 32.8 Å². The topological polar surface area (TPSA) is 50.8 Å². The normalized spacial score (nSPS) is 20.8. The van der Waals surface area contributed by atoms with Gasteiger partial charge in [-0.05, 0) is 32.9 Å². The summed E-state index contributed by atoms with van der Waals surface area (Å²) in [7, 11) is 0. The Labute approximate surface area is 114 Å². The number of carbonyl (C=O) groups is 1. The summed E-state index contributed by atoms with van der Waals surface area (Å²) in [6.45, 7) is 9.97. The van der Waals surface area contributed by atoms with Crippen molar-refractivity contribution in [3.05, 3.63) is 11.5 Å². The molecule has 1 fully saturated rings. The number of nitrogens with zero attached hydrogens (tertiary/aromatic N) is 1. The number of hydrogen-bond acceptors (Lipinski definition) is 4. The molecule has 0 radical (unpaired) electrons. The van der Waals surface area contributed by atoms with Gasteiger partial charge in [-0.15, -0.1) is 0 Å². The molecule has 0 saturated heterocycles. The van der Waals surface area contributed by atoms with Gasteiger partial charge < -0.3 is 19.7 Å². The highest BCUT2D eigenvalue weighted by Crippen LogP contribution is 2.36. The molecule has 0 unspecified atom stereocenters. The van der Waals surface area contributed by atoms with E-state index in [1.54, 1.807) is 6.92 Å². The van der Waals surface area contributed by atoms with Crippen molar-refractivity contribution in [1.29, 1.82) is 0 Å². The van der Waals surface area contributed by atoms with Crippen molar-refractivity contribution in [1.82, 2.24) is 10.2 Å². The summed E-state index contributed by atoms with van der Waals surface area (Å²) in [5.41, 5.74) is -0.0583. The molecule has 0 aromatic carbocycles.